The Kier molecular flexibility index (Phi) is 8.06. The summed E-state index contributed by atoms with van der Waals surface area (Å²) < 4.78 is 5.36. The van der Waals surface area contributed by atoms with E-state index in [1.165, 1.54) is 50.0 Å². The van der Waals surface area contributed by atoms with E-state index in [2.05, 4.69) is 48.4 Å². The van der Waals surface area contributed by atoms with Crippen LogP contribution in [0.2, 0.25) is 0 Å². The van der Waals surface area contributed by atoms with Crippen LogP contribution >= 0.6 is 0 Å². The normalized spacial score (nSPS) is 16.7. The molecule has 1 aromatic rings. The molecule has 1 aromatic carbocycles. The molecule has 1 aliphatic heterocycles. The molecule has 0 bridgehead atoms. The fourth-order valence-corrected chi connectivity index (χ4v) is 3.33. The van der Waals surface area contributed by atoms with E-state index in [9.17, 15) is 0 Å². The minimum atomic E-state index is 0.512. The maximum Gasteiger partial charge on any atom is 0.191 e. The van der Waals surface area contributed by atoms with Crippen LogP contribution in [0.5, 0.6) is 5.75 Å². The van der Waals surface area contributed by atoms with Gasteiger partial charge < -0.3 is 20.3 Å². The smallest absolute Gasteiger partial charge is 0.191 e. The summed E-state index contributed by atoms with van der Waals surface area (Å²) in [5.74, 6) is 1.81. The Morgan fingerprint density at radius 3 is 2.64 bits per heavy atom. The Morgan fingerprint density at radius 1 is 1.24 bits per heavy atom. The van der Waals surface area contributed by atoms with Crippen LogP contribution in [0.3, 0.4) is 0 Å². The van der Waals surface area contributed by atoms with E-state index in [0.717, 1.165) is 18.3 Å². The molecule has 0 saturated carbocycles. The first-order chi connectivity index (χ1) is 12.1. The summed E-state index contributed by atoms with van der Waals surface area (Å²) in [7, 11) is 1.71. The van der Waals surface area contributed by atoms with Crippen LogP contribution < -0.4 is 15.4 Å². The van der Waals surface area contributed by atoms with E-state index in [1.54, 1.807) is 7.11 Å². The fourth-order valence-electron chi connectivity index (χ4n) is 3.33. The molecule has 5 heteroatoms. The second-order valence-electron chi connectivity index (χ2n) is 6.81. The van der Waals surface area contributed by atoms with E-state index in [1.807, 2.05) is 6.07 Å². The molecule has 1 fully saturated rings. The van der Waals surface area contributed by atoms with Gasteiger partial charge in [0.1, 0.15) is 5.75 Å². The zero-order chi connectivity index (χ0) is 18.1. The van der Waals surface area contributed by atoms with E-state index in [0.29, 0.717) is 12.6 Å². The number of ether oxygens (including phenoxy) is 1. The van der Waals surface area contributed by atoms with E-state index >= 15 is 0 Å². The third kappa shape index (κ3) is 6.58. The number of hydrogen-bond donors (Lipinski definition) is 2. The number of aryl methyl sites for hydroxylation is 1. The number of nitrogens with zero attached hydrogens (tertiary/aromatic N) is 2. The first-order valence-electron chi connectivity index (χ1n) is 9.56. The van der Waals surface area contributed by atoms with Gasteiger partial charge in [-0.3, -0.25) is 0 Å². The zero-order valence-electron chi connectivity index (χ0n) is 16.3. The van der Waals surface area contributed by atoms with Gasteiger partial charge in [0.05, 0.1) is 13.7 Å². The molecule has 25 heavy (non-hydrogen) atoms. The highest BCUT2D eigenvalue weighted by atomic mass is 16.5. The molecule has 0 unspecified atom stereocenters. The predicted molar refractivity (Wildman–Crippen MR) is 105 cm³/mol. The van der Waals surface area contributed by atoms with Crippen molar-refractivity contribution in [2.75, 3.05) is 33.3 Å². The van der Waals surface area contributed by atoms with Gasteiger partial charge in [0.2, 0.25) is 0 Å². The van der Waals surface area contributed by atoms with Crippen molar-refractivity contribution in [1.82, 2.24) is 15.5 Å². The standard InChI is InChI=1S/C20H34N4O/c1-5-9-24-10-7-18(8-11-24)23-20(21-6-2)22-15-17-12-16(3)13-19(14-17)25-4/h12-14,18H,5-11,15H2,1-4H3,(H2,21,22,23). The van der Waals surface area contributed by atoms with Crippen LogP contribution in [0.4, 0.5) is 0 Å². The summed E-state index contributed by atoms with van der Waals surface area (Å²) >= 11 is 0. The van der Waals surface area contributed by atoms with Crippen LogP contribution in [0, 0.1) is 6.92 Å². The number of hydrogen-bond acceptors (Lipinski definition) is 3. The molecule has 1 saturated heterocycles. The molecule has 0 aromatic heterocycles. The number of rotatable bonds is 7. The average molecular weight is 347 g/mol. The first kappa shape index (κ1) is 19.6. The largest absolute Gasteiger partial charge is 0.497 e. The Morgan fingerprint density at radius 2 is 2.00 bits per heavy atom. The van der Waals surface area contributed by atoms with Gasteiger partial charge in [0.15, 0.2) is 5.96 Å². The zero-order valence-corrected chi connectivity index (χ0v) is 16.3. The number of benzene rings is 1. The second-order valence-corrected chi connectivity index (χ2v) is 6.81. The van der Waals surface area contributed by atoms with Crippen molar-refractivity contribution in [3.63, 3.8) is 0 Å². The maximum absolute atomic E-state index is 5.36. The van der Waals surface area contributed by atoms with E-state index < -0.39 is 0 Å². The molecule has 0 radical (unpaired) electrons. The number of aliphatic imine (C=N–C) groups is 1. The number of guanidine groups is 1. The van der Waals surface area contributed by atoms with Gasteiger partial charge in [-0.25, -0.2) is 4.99 Å². The highest BCUT2D eigenvalue weighted by Gasteiger charge is 2.19. The van der Waals surface area contributed by atoms with Crippen molar-refractivity contribution < 1.29 is 4.74 Å². The van der Waals surface area contributed by atoms with Crippen LogP contribution in [0.25, 0.3) is 0 Å². The molecular formula is C20H34N4O. The summed E-state index contributed by atoms with van der Waals surface area (Å²) in [5.41, 5.74) is 2.37. The Balaban J connectivity index is 1.93. The molecule has 0 aliphatic carbocycles. The highest BCUT2D eigenvalue weighted by Crippen LogP contribution is 2.17. The molecule has 0 spiro atoms. The van der Waals surface area contributed by atoms with Gasteiger partial charge in [0, 0.05) is 25.7 Å². The number of piperidine rings is 1. The lowest BCUT2D eigenvalue weighted by atomic mass is 10.1. The Labute approximate surface area is 152 Å². The fraction of sp³-hybridized carbons (Fsp3) is 0.650. The van der Waals surface area contributed by atoms with Gasteiger partial charge in [-0.1, -0.05) is 13.0 Å². The SMILES string of the molecule is CCCN1CCC(NC(=NCc2cc(C)cc(OC)c2)NCC)CC1. The minimum absolute atomic E-state index is 0.512. The van der Waals surface area contributed by atoms with Gasteiger partial charge in [0.25, 0.3) is 0 Å². The van der Waals surface area contributed by atoms with Crippen molar-refractivity contribution >= 4 is 5.96 Å². The Hall–Kier alpha value is -1.75. The topological polar surface area (TPSA) is 48.9 Å². The molecule has 1 heterocycles. The quantitative estimate of drug-likeness (QED) is 0.589. The van der Waals surface area contributed by atoms with Crippen LogP contribution in [0.1, 0.15) is 44.2 Å². The summed E-state index contributed by atoms with van der Waals surface area (Å²) in [6.45, 7) is 11.6. The molecule has 5 nitrogen and oxygen atoms in total. The molecule has 140 valence electrons. The highest BCUT2D eigenvalue weighted by molar-refractivity contribution is 5.80. The molecular weight excluding hydrogens is 312 g/mol. The molecule has 2 N–H and O–H groups in total. The first-order valence-corrected chi connectivity index (χ1v) is 9.56. The monoisotopic (exact) mass is 346 g/mol. The summed E-state index contributed by atoms with van der Waals surface area (Å²) in [6.07, 6.45) is 3.60. The van der Waals surface area contributed by atoms with Gasteiger partial charge in [-0.2, -0.15) is 0 Å². The average Bonchev–Trinajstić information content (AvgIpc) is 2.61. The summed E-state index contributed by atoms with van der Waals surface area (Å²) in [5, 5.41) is 6.99. The number of likely N-dealkylation sites (tertiary alicyclic amines) is 1. The van der Waals surface area contributed by atoms with Crippen LogP contribution in [0.15, 0.2) is 23.2 Å². The van der Waals surface area contributed by atoms with Crippen molar-refractivity contribution in [3.05, 3.63) is 29.3 Å². The van der Waals surface area contributed by atoms with Crippen LogP contribution in [-0.2, 0) is 6.54 Å². The van der Waals surface area contributed by atoms with Crippen molar-refractivity contribution in [1.29, 1.82) is 0 Å². The van der Waals surface area contributed by atoms with E-state index in [4.69, 9.17) is 9.73 Å². The van der Waals surface area contributed by atoms with Crippen molar-refractivity contribution in [2.45, 2.75) is 52.6 Å². The lowest BCUT2D eigenvalue weighted by Gasteiger charge is -2.32. The third-order valence-electron chi connectivity index (χ3n) is 4.58. The molecule has 0 atom stereocenters. The summed E-state index contributed by atoms with van der Waals surface area (Å²) in [4.78, 5) is 7.33. The lowest BCUT2D eigenvalue weighted by Crippen LogP contribution is -2.48. The molecule has 2 rings (SSSR count). The number of methoxy groups -OCH3 is 1. The van der Waals surface area contributed by atoms with Crippen molar-refractivity contribution in [3.8, 4) is 5.75 Å². The van der Waals surface area contributed by atoms with Crippen LogP contribution in [-0.4, -0.2) is 50.2 Å². The van der Waals surface area contributed by atoms with Gasteiger partial charge in [-0.05, 0) is 62.9 Å². The predicted octanol–water partition coefficient (Wildman–Crippen LogP) is 2.93. The second kappa shape index (κ2) is 10.3. The van der Waals surface area contributed by atoms with Gasteiger partial charge in [-0.15, -0.1) is 0 Å². The van der Waals surface area contributed by atoms with Crippen molar-refractivity contribution in [2.24, 2.45) is 4.99 Å². The third-order valence-corrected chi connectivity index (χ3v) is 4.58. The lowest BCUT2D eigenvalue weighted by molar-refractivity contribution is 0.206. The number of nitrogens with one attached hydrogen (secondary N) is 2. The molecule has 1 aliphatic rings. The van der Waals surface area contributed by atoms with Gasteiger partial charge >= 0.3 is 0 Å². The minimum Gasteiger partial charge on any atom is -0.497 e. The summed E-state index contributed by atoms with van der Waals surface area (Å²) in [6, 6.07) is 6.78. The van der Waals surface area contributed by atoms with E-state index in [-0.39, 0.29) is 0 Å². The molecule has 0 amide bonds. The maximum atomic E-state index is 5.36. The Bertz CT molecular complexity index is 551.